The van der Waals surface area contributed by atoms with Crippen molar-refractivity contribution in [3.63, 3.8) is 0 Å². The zero-order valence-corrected chi connectivity index (χ0v) is 17.3. The number of fused-ring (bicyclic) bond motifs is 3. The molecule has 1 saturated heterocycles. The predicted octanol–water partition coefficient (Wildman–Crippen LogP) is 1.99. The minimum absolute atomic E-state index is 0.0608. The first-order valence-electron chi connectivity index (χ1n) is 10.3. The number of pyridine rings is 1. The molecule has 5 rings (SSSR count). The van der Waals surface area contributed by atoms with E-state index < -0.39 is 5.43 Å². The highest BCUT2D eigenvalue weighted by Crippen LogP contribution is 2.63. The first-order valence-corrected chi connectivity index (χ1v) is 10.3. The summed E-state index contributed by atoms with van der Waals surface area (Å²) >= 11 is 0. The lowest BCUT2D eigenvalue weighted by molar-refractivity contribution is -0.140. The van der Waals surface area contributed by atoms with Gasteiger partial charge in [0.25, 0.3) is 0 Å². The Morgan fingerprint density at radius 1 is 1.30 bits per heavy atom. The van der Waals surface area contributed by atoms with Crippen LogP contribution in [0.1, 0.15) is 29.7 Å². The Morgan fingerprint density at radius 2 is 2.07 bits per heavy atom. The van der Waals surface area contributed by atoms with Gasteiger partial charge in [0.2, 0.25) is 11.3 Å². The second-order valence-electron chi connectivity index (χ2n) is 8.60. The number of rotatable bonds is 4. The third kappa shape index (κ3) is 2.97. The Labute approximate surface area is 175 Å². The van der Waals surface area contributed by atoms with Gasteiger partial charge in [-0.3, -0.25) is 9.59 Å². The number of nitrogens with zero attached hydrogens (tertiary/aromatic N) is 2. The standard InChI is InChI=1S/C22H24BN2O5/c1-11-17(5-4-15-19-12(2)20(19)23-30-22(11)15)29-14-8-25(9-14)18(27)10-24-7-6-16(26)21(28)13(24)3/h4-7,12,14,19-20,28H,8-10H2,1-3H3. The monoisotopic (exact) mass is 407 g/mol. The molecule has 3 unspecified atom stereocenters. The molecule has 1 aromatic carbocycles. The number of carbonyl (C=O) groups excluding carboxylic acids is 1. The third-order valence-corrected chi connectivity index (χ3v) is 6.75. The lowest BCUT2D eigenvalue weighted by atomic mass is 9.84. The molecule has 2 aliphatic heterocycles. The van der Waals surface area contributed by atoms with Crippen molar-refractivity contribution in [2.24, 2.45) is 5.92 Å². The number of aromatic nitrogens is 1. The van der Waals surface area contributed by atoms with Gasteiger partial charge < -0.3 is 24.0 Å². The molecule has 3 aliphatic rings. The predicted molar refractivity (Wildman–Crippen MR) is 111 cm³/mol. The van der Waals surface area contributed by atoms with Gasteiger partial charge in [0.15, 0.2) is 5.75 Å². The summed E-state index contributed by atoms with van der Waals surface area (Å²) in [6.07, 6.45) is 1.47. The van der Waals surface area contributed by atoms with Gasteiger partial charge in [-0.2, -0.15) is 0 Å². The Morgan fingerprint density at radius 3 is 2.83 bits per heavy atom. The number of hydrogen-bond donors (Lipinski definition) is 1. The summed E-state index contributed by atoms with van der Waals surface area (Å²) in [6, 6.07) is 5.39. The van der Waals surface area contributed by atoms with Crippen molar-refractivity contribution < 1.29 is 19.3 Å². The molecule has 30 heavy (non-hydrogen) atoms. The van der Waals surface area contributed by atoms with E-state index in [0.29, 0.717) is 36.4 Å². The van der Waals surface area contributed by atoms with Crippen LogP contribution in [0, 0.1) is 19.8 Å². The normalized spacial score (nSPS) is 24.1. The minimum Gasteiger partial charge on any atom is -0.562 e. The topological polar surface area (TPSA) is 81.0 Å². The molecule has 1 radical (unpaired) electrons. The average molecular weight is 407 g/mol. The van der Waals surface area contributed by atoms with E-state index in [2.05, 4.69) is 13.0 Å². The molecular formula is C22H24BN2O5. The highest BCUT2D eigenvalue weighted by molar-refractivity contribution is 6.34. The van der Waals surface area contributed by atoms with Crippen molar-refractivity contribution in [3.8, 4) is 17.2 Å². The van der Waals surface area contributed by atoms with Gasteiger partial charge in [0, 0.05) is 17.8 Å². The zero-order chi connectivity index (χ0) is 21.2. The van der Waals surface area contributed by atoms with E-state index in [-0.39, 0.29) is 24.3 Å². The quantitative estimate of drug-likeness (QED) is 0.785. The van der Waals surface area contributed by atoms with Crippen molar-refractivity contribution in [1.29, 1.82) is 0 Å². The summed E-state index contributed by atoms with van der Waals surface area (Å²) in [5, 5.41) is 9.77. The van der Waals surface area contributed by atoms with Gasteiger partial charge >= 0.3 is 7.48 Å². The van der Waals surface area contributed by atoms with Crippen LogP contribution in [0.5, 0.6) is 17.2 Å². The van der Waals surface area contributed by atoms with Crippen molar-refractivity contribution in [1.82, 2.24) is 9.47 Å². The Hall–Kier alpha value is -2.90. The summed E-state index contributed by atoms with van der Waals surface area (Å²) in [5.41, 5.74) is 2.22. The SMILES string of the molecule is Cc1c(OC2CN(C(=O)Cn3ccc(=O)c(O)c3C)C2)ccc2c1O[B]C1C(C)C21. The molecule has 1 aliphatic carbocycles. The van der Waals surface area contributed by atoms with E-state index in [4.69, 9.17) is 9.39 Å². The van der Waals surface area contributed by atoms with E-state index in [1.165, 1.54) is 17.8 Å². The van der Waals surface area contributed by atoms with Crippen LogP contribution in [0.4, 0.5) is 0 Å². The highest BCUT2D eigenvalue weighted by Gasteiger charge is 2.53. The summed E-state index contributed by atoms with van der Waals surface area (Å²) in [5.74, 6) is 3.06. The van der Waals surface area contributed by atoms with Crippen molar-refractivity contribution in [2.75, 3.05) is 13.1 Å². The van der Waals surface area contributed by atoms with Gasteiger partial charge in [0.05, 0.1) is 18.8 Å². The second kappa shape index (κ2) is 6.82. The van der Waals surface area contributed by atoms with Gasteiger partial charge in [-0.1, -0.05) is 13.0 Å². The lowest BCUT2D eigenvalue weighted by Crippen LogP contribution is -2.57. The highest BCUT2D eigenvalue weighted by atomic mass is 16.5. The van der Waals surface area contributed by atoms with Crippen LogP contribution in [0.3, 0.4) is 0 Å². The maximum absolute atomic E-state index is 12.5. The van der Waals surface area contributed by atoms with Crippen LogP contribution in [0.25, 0.3) is 0 Å². The van der Waals surface area contributed by atoms with Crippen LogP contribution < -0.4 is 14.8 Å². The first kappa shape index (κ1) is 19.1. The largest absolute Gasteiger partial charge is 0.562 e. The maximum Gasteiger partial charge on any atom is 0.374 e. The maximum atomic E-state index is 12.5. The van der Waals surface area contributed by atoms with E-state index >= 15 is 0 Å². The molecule has 155 valence electrons. The van der Waals surface area contributed by atoms with E-state index in [1.54, 1.807) is 16.4 Å². The number of likely N-dealkylation sites (tertiary alicyclic amines) is 1. The summed E-state index contributed by atoms with van der Waals surface area (Å²) < 4.78 is 13.6. The average Bonchev–Trinajstić information content (AvgIpc) is 3.36. The van der Waals surface area contributed by atoms with Crippen molar-refractivity contribution >= 4 is 13.4 Å². The van der Waals surface area contributed by atoms with Crippen LogP contribution in [-0.2, 0) is 11.3 Å². The molecule has 3 heterocycles. The summed E-state index contributed by atoms with van der Waals surface area (Å²) in [4.78, 5) is 25.7. The van der Waals surface area contributed by atoms with Crippen LogP contribution in [0.15, 0.2) is 29.2 Å². The van der Waals surface area contributed by atoms with Gasteiger partial charge in [-0.05, 0) is 43.1 Å². The molecule has 1 saturated carbocycles. The number of hydrogen-bond acceptors (Lipinski definition) is 5. The van der Waals surface area contributed by atoms with E-state index in [0.717, 1.165) is 17.1 Å². The third-order valence-electron chi connectivity index (χ3n) is 6.75. The fraction of sp³-hybridized carbons (Fsp3) is 0.455. The molecule has 2 fully saturated rings. The van der Waals surface area contributed by atoms with Crippen molar-refractivity contribution in [3.05, 3.63) is 51.4 Å². The van der Waals surface area contributed by atoms with Gasteiger partial charge in [-0.25, -0.2) is 0 Å². The molecular weight excluding hydrogens is 383 g/mol. The fourth-order valence-electron chi connectivity index (χ4n) is 4.56. The lowest BCUT2D eigenvalue weighted by Gasteiger charge is -2.39. The Balaban J connectivity index is 1.20. The number of aromatic hydroxyl groups is 1. The van der Waals surface area contributed by atoms with Crippen LogP contribution >= 0.6 is 0 Å². The van der Waals surface area contributed by atoms with Gasteiger partial charge in [0.1, 0.15) is 24.1 Å². The summed E-state index contributed by atoms with van der Waals surface area (Å²) in [6.45, 7) is 6.98. The molecule has 1 amide bonds. The number of ether oxygens (including phenoxy) is 1. The van der Waals surface area contributed by atoms with Crippen LogP contribution in [0.2, 0.25) is 5.82 Å². The number of carbonyl (C=O) groups is 1. The zero-order valence-electron chi connectivity index (χ0n) is 17.3. The second-order valence-corrected chi connectivity index (χ2v) is 8.60. The summed E-state index contributed by atoms with van der Waals surface area (Å²) in [7, 11) is 1.95. The molecule has 0 spiro atoms. The van der Waals surface area contributed by atoms with E-state index in [9.17, 15) is 14.7 Å². The molecule has 7 nitrogen and oxygen atoms in total. The Kier molecular flexibility index (Phi) is 4.34. The molecule has 1 N–H and O–H groups in total. The van der Waals surface area contributed by atoms with E-state index in [1.807, 2.05) is 20.5 Å². The molecule has 0 bridgehead atoms. The molecule has 2 aromatic rings. The van der Waals surface area contributed by atoms with Crippen molar-refractivity contribution in [2.45, 2.75) is 45.2 Å². The Bertz CT molecular complexity index is 1090. The minimum atomic E-state index is -0.442. The molecule has 1 aromatic heterocycles. The van der Waals surface area contributed by atoms with Gasteiger partial charge in [-0.15, -0.1) is 0 Å². The number of benzene rings is 1. The first-order chi connectivity index (χ1) is 14.3. The fourth-order valence-corrected chi connectivity index (χ4v) is 4.56. The van der Waals surface area contributed by atoms with Crippen LogP contribution in [-0.4, -0.2) is 47.2 Å². The molecule has 3 atom stereocenters. The molecule has 8 heteroatoms. The smallest absolute Gasteiger partial charge is 0.374 e. The number of amides is 1.